The molecule has 2 N–H and O–H groups in total. The molecular weight excluding hydrogens is 428 g/mol. The highest BCUT2D eigenvalue weighted by molar-refractivity contribution is 7.89. The average molecular weight is 455 g/mol. The molecule has 2 atom stereocenters. The number of aryl methyl sites for hydroxylation is 2. The fourth-order valence-electron chi connectivity index (χ4n) is 4.30. The Morgan fingerprint density at radius 2 is 1.83 bits per heavy atom. The lowest BCUT2D eigenvalue weighted by atomic mass is 10.0. The monoisotopic (exact) mass is 454 g/mol. The zero-order valence-electron chi connectivity index (χ0n) is 16.9. The van der Waals surface area contributed by atoms with Gasteiger partial charge in [0.1, 0.15) is 4.90 Å². The number of piperazine rings is 1. The molecule has 0 bridgehead atoms. The van der Waals surface area contributed by atoms with Crippen LogP contribution in [0.25, 0.3) is 0 Å². The molecule has 0 radical (unpaired) electrons. The van der Waals surface area contributed by atoms with Gasteiger partial charge in [0.05, 0.1) is 6.04 Å². The van der Waals surface area contributed by atoms with E-state index in [1.54, 1.807) is 15.6 Å². The van der Waals surface area contributed by atoms with E-state index < -0.39 is 10.0 Å². The molecule has 0 saturated carbocycles. The standard InChI is InChI=1S/C20H27ClN4O2S2/c1-13-11-18(23-22-13)19-14(2)28-15(3)20(19)29(26,27)25-9-7-24(8-10-25)17-6-4-5-16(21)12-17/h4-6,12-13,18,22-23H,7-11H2,1-3H3. The smallest absolute Gasteiger partial charge is 0.244 e. The highest BCUT2D eigenvalue weighted by Crippen LogP contribution is 2.39. The van der Waals surface area contributed by atoms with Crippen LogP contribution < -0.4 is 15.8 Å². The minimum atomic E-state index is -3.55. The fraction of sp³-hybridized carbons (Fsp3) is 0.500. The van der Waals surface area contributed by atoms with Crippen LogP contribution in [0.3, 0.4) is 0 Å². The van der Waals surface area contributed by atoms with Gasteiger partial charge in [0, 0.05) is 58.2 Å². The van der Waals surface area contributed by atoms with Crippen molar-refractivity contribution >= 4 is 38.6 Å². The van der Waals surface area contributed by atoms with Crippen molar-refractivity contribution in [2.24, 2.45) is 0 Å². The number of hydrogen-bond acceptors (Lipinski definition) is 6. The highest BCUT2D eigenvalue weighted by atomic mass is 35.5. The molecule has 0 spiro atoms. The van der Waals surface area contributed by atoms with Gasteiger partial charge in [-0.3, -0.25) is 5.43 Å². The summed E-state index contributed by atoms with van der Waals surface area (Å²) in [5, 5.41) is 0.693. The van der Waals surface area contributed by atoms with Crippen molar-refractivity contribution in [3.05, 3.63) is 44.6 Å². The van der Waals surface area contributed by atoms with Crippen molar-refractivity contribution in [2.75, 3.05) is 31.1 Å². The topological polar surface area (TPSA) is 64.7 Å². The number of hydrogen-bond donors (Lipinski definition) is 2. The number of thiophene rings is 1. The van der Waals surface area contributed by atoms with Crippen molar-refractivity contribution < 1.29 is 8.42 Å². The molecule has 2 saturated heterocycles. The van der Waals surface area contributed by atoms with Gasteiger partial charge in [0.2, 0.25) is 10.0 Å². The van der Waals surface area contributed by atoms with E-state index in [0.717, 1.165) is 27.4 Å². The molecule has 9 heteroatoms. The maximum Gasteiger partial charge on any atom is 0.244 e. The average Bonchev–Trinajstić information content (AvgIpc) is 3.24. The van der Waals surface area contributed by atoms with Crippen LogP contribution in [-0.2, 0) is 10.0 Å². The third-order valence-corrected chi connectivity index (χ3v) is 9.19. The Kier molecular flexibility index (Phi) is 5.94. The summed E-state index contributed by atoms with van der Waals surface area (Å²) in [4.78, 5) is 4.64. The molecule has 158 valence electrons. The maximum atomic E-state index is 13.6. The summed E-state index contributed by atoms with van der Waals surface area (Å²) < 4.78 is 28.9. The minimum Gasteiger partial charge on any atom is -0.369 e. The summed E-state index contributed by atoms with van der Waals surface area (Å²) in [6.45, 7) is 8.28. The van der Waals surface area contributed by atoms with Crippen LogP contribution >= 0.6 is 22.9 Å². The van der Waals surface area contributed by atoms with Crippen LogP contribution in [-0.4, -0.2) is 44.9 Å². The van der Waals surface area contributed by atoms with E-state index in [1.807, 2.05) is 38.1 Å². The van der Waals surface area contributed by atoms with Gasteiger partial charge in [-0.25, -0.2) is 13.8 Å². The van der Waals surface area contributed by atoms with Gasteiger partial charge < -0.3 is 4.90 Å². The summed E-state index contributed by atoms with van der Waals surface area (Å²) in [5.74, 6) is 0. The summed E-state index contributed by atoms with van der Waals surface area (Å²) in [5.41, 5.74) is 8.47. The summed E-state index contributed by atoms with van der Waals surface area (Å²) >= 11 is 7.69. The Morgan fingerprint density at radius 3 is 2.45 bits per heavy atom. The molecule has 0 aliphatic carbocycles. The van der Waals surface area contributed by atoms with Crippen molar-refractivity contribution in [3.63, 3.8) is 0 Å². The molecule has 1 aromatic heterocycles. The SMILES string of the molecule is Cc1sc(C)c(S(=O)(=O)N2CCN(c3cccc(Cl)c3)CC2)c1C1CC(C)NN1. The van der Waals surface area contributed by atoms with Crippen molar-refractivity contribution in [1.82, 2.24) is 15.2 Å². The van der Waals surface area contributed by atoms with Gasteiger partial charge in [-0.2, -0.15) is 4.31 Å². The normalized spacial score (nSPS) is 23.7. The molecule has 29 heavy (non-hydrogen) atoms. The molecule has 2 aromatic rings. The number of halogens is 1. The molecule has 2 aliphatic rings. The second kappa shape index (κ2) is 8.17. The van der Waals surface area contributed by atoms with Gasteiger partial charge in [0.15, 0.2) is 0 Å². The first-order valence-corrected chi connectivity index (χ1v) is 12.5. The summed E-state index contributed by atoms with van der Waals surface area (Å²) in [6, 6.07) is 8.05. The summed E-state index contributed by atoms with van der Waals surface area (Å²) in [6.07, 6.45) is 0.877. The van der Waals surface area contributed by atoms with E-state index >= 15 is 0 Å². The van der Waals surface area contributed by atoms with E-state index in [2.05, 4.69) is 22.7 Å². The number of sulfonamides is 1. The van der Waals surface area contributed by atoms with Crippen molar-refractivity contribution in [3.8, 4) is 0 Å². The molecular formula is C20H27ClN4O2S2. The van der Waals surface area contributed by atoms with Gasteiger partial charge in [-0.1, -0.05) is 17.7 Å². The van der Waals surface area contributed by atoms with E-state index in [1.165, 1.54) is 0 Å². The van der Waals surface area contributed by atoms with Gasteiger partial charge in [-0.15, -0.1) is 11.3 Å². The first kappa shape index (κ1) is 21.1. The van der Waals surface area contributed by atoms with E-state index in [0.29, 0.717) is 42.1 Å². The first-order valence-electron chi connectivity index (χ1n) is 9.89. The minimum absolute atomic E-state index is 0.0208. The predicted octanol–water partition coefficient (Wildman–Crippen LogP) is 3.46. The molecule has 6 nitrogen and oxygen atoms in total. The molecule has 2 aliphatic heterocycles. The Labute approximate surface area is 181 Å². The molecule has 2 fully saturated rings. The van der Waals surface area contributed by atoms with Crippen LogP contribution in [0.2, 0.25) is 5.02 Å². The molecule has 1 aromatic carbocycles. The number of hydrazine groups is 1. The summed E-state index contributed by atoms with van der Waals surface area (Å²) in [7, 11) is -3.55. The Hall–Kier alpha value is -1.16. The zero-order valence-corrected chi connectivity index (χ0v) is 19.3. The number of rotatable bonds is 4. The lowest BCUT2D eigenvalue weighted by Gasteiger charge is -2.35. The lowest BCUT2D eigenvalue weighted by molar-refractivity contribution is 0.384. The third kappa shape index (κ3) is 4.06. The van der Waals surface area contributed by atoms with Crippen LogP contribution in [0, 0.1) is 13.8 Å². The van der Waals surface area contributed by atoms with Crippen LogP contribution in [0.1, 0.15) is 34.7 Å². The van der Waals surface area contributed by atoms with E-state index in [4.69, 9.17) is 11.6 Å². The fourth-order valence-corrected chi connectivity index (χ4v) is 7.84. The number of benzene rings is 1. The lowest BCUT2D eigenvalue weighted by Crippen LogP contribution is -2.49. The van der Waals surface area contributed by atoms with Gasteiger partial charge in [-0.05, 0) is 45.4 Å². The van der Waals surface area contributed by atoms with Gasteiger partial charge in [0.25, 0.3) is 0 Å². The van der Waals surface area contributed by atoms with Crippen molar-refractivity contribution in [2.45, 2.75) is 44.2 Å². The third-order valence-electron chi connectivity index (χ3n) is 5.70. The van der Waals surface area contributed by atoms with Crippen molar-refractivity contribution in [1.29, 1.82) is 0 Å². The van der Waals surface area contributed by atoms with Crippen LogP contribution in [0.5, 0.6) is 0 Å². The molecule has 4 rings (SSSR count). The van der Waals surface area contributed by atoms with E-state index in [9.17, 15) is 8.42 Å². The molecule has 2 unspecified atom stereocenters. The Balaban J connectivity index is 1.57. The van der Waals surface area contributed by atoms with Crippen LogP contribution in [0.15, 0.2) is 29.2 Å². The van der Waals surface area contributed by atoms with E-state index in [-0.39, 0.29) is 6.04 Å². The Bertz CT molecular complexity index is 1000. The van der Waals surface area contributed by atoms with Crippen LogP contribution in [0.4, 0.5) is 5.69 Å². The number of anilines is 1. The van der Waals surface area contributed by atoms with Gasteiger partial charge >= 0.3 is 0 Å². The first-order chi connectivity index (χ1) is 13.8. The number of nitrogens with zero attached hydrogens (tertiary/aromatic N) is 2. The predicted molar refractivity (Wildman–Crippen MR) is 119 cm³/mol. The highest BCUT2D eigenvalue weighted by Gasteiger charge is 2.37. The second-order valence-corrected chi connectivity index (χ2v) is 11.5. The second-order valence-electron chi connectivity index (χ2n) is 7.81. The zero-order chi connectivity index (χ0) is 20.8. The number of nitrogens with one attached hydrogen (secondary N) is 2. The quantitative estimate of drug-likeness (QED) is 0.740. The Morgan fingerprint density at radius 1 is 1.10 bits per heavy atom. The molecule has 0 amide bonds. The molecule has 3 heterocycles. The largest absolute Gasteiger partial charge is 0.369 e. The maximum absolute atomic E-state index is 13.6.